The molecule has 0 unspecified atom stereocenters. The largest absolute Gasteiger partial charge is 0.203 e. The molecule has 0 radical (unpaired) electrons. The number of aryl methyl sites for hydroxylation is 4. The van der Waals surface area contributed by atoms with Gasteiger partial charge >= 0.3 is 0 Å². The molecule has 0 saturated heterocycles. The van der Waals surface area contributed by atoms with Crippen molar-refractivity contribution in [2.24, 2.45) is 35.5 Å². The Bertz CT molecular complexity index is 825. The first-order valence-corrected chi connectivity index (χ1v) is 17.2. The number of benzene rings is 2. The monoisotopic (exact) mass is 605 g/mol. The van der Waals surface area contributed by atoms with Crippen LogP contribution in [0.5, 0.6) is 0 Å². The van der Waals surface area contributed by atoms with E-state index in [1.807, 2.05) is 0 Å². The van der Waals surface area contributed by atoms with Gasteiger partial charge in [-0.3, -0.25) is 0 Å². The van der Waals surface area contributed by atoms with Gasteiger partial charge in [-0.2, -0.15) is 0 Å². The van der Waals surface area contributed by atoms with Crippen LogP contribution in [0.3, 0.4) is 0 Å². The van der Waals surface area contributed by atoms with E-state index in [2.05, 4.69) is 79.7 Å². The van der Waals surface area contributed by atoms with Gasteiger partial charge in [0.1, 0.15) is 0 Å². The molecular formula is C41H74F2. The molecule has 0 aliphatic heterocycles. The number of halogens is 2. The van der Waals surface area contributed by atoms with Crippen LogP contribution in [0.25, 0.3) is 0 Å². The van der Waals surface area contributed by atoms with Gasteiger partial charge in [-0.15, -0.1) is 0 Å². The molecule has 0 amide bonds. The summed E-state index contributed by atoms with van der Waals surface area (Å²) in [5.41, 5.74) is 3.36. The molecule has 0 bridgehead atoms. The number of hydrogen-bond donors (Lipinski definition) is 0. The lowest BCUT2D eigenvalue weighted by atomic mass is 9.84. The smallest absolute Gasteiger partial charge is 0.161 e. The summed E-state index contributed by atoms with van der Waals surface area (Å²) in [6, 6.07) is 11.6. The van der Waals surface area contributed by atoms with Crippen molar-refractivity contribution in [3.8, 4) is 0 Å². The quantitative estimate of drug-likeness (QED) is 0.281. The minimum Gasteiger partial charge on any atom is -0.203 e. The van der Waals surface area contributed by atoms with Crippen LogP contribution in [0.4, 0.5) is 8.78 Å². The van der Waals surface area contributed by atoms with Gasteiger partial charge in [0.15, 0.2) is 11.6 Å². The highest BCUT2D eigenvalue weighted by atomic mass is 19.2. The molecule has 0 nitrogen and oxygen atoms in total. The van der Waals surface area contributed by atoms with Crippen LogP contribution < -0.4 is 0 Å². The first kappa shape index (κ1) is 41.3. The Hall–Kier alpha value is -1.70. The minimum atomic E-state index is -0.736. The second-order valence-corrected chi connectivity index (χ2v) is 14.6. The Morgan fingerprint density at radius 1 is 0.395 bits per heavy atom. The van der Waals surface area contributed by atoms with E-state index in [4.69, 9.17) is 0 Å². The Morgan fingerprint density at radius 2 is 0.558 bits per heavy atom. The average molecular weight is 605 g/mol. The SMILES string of the molecule is C.CC1CCC(C)CC1.CC1CCC(C)CC1.CC1CCC(C)CC1.Cc1ccc(C)c(F)c1F.Cc1ccc(C)cc1.[HH].[HH]. The molecule has 0 heterocycles. The summed E-state index contributed by atoms with van der Waals surface area (Å²) in [4.78, 5) is 0. The van der Waals surface area contributed by atoms with Crippen LogP contribution in [0, 0.1) is 74.8 Å². The summed E-state index contributed by atoms with van der Waals surface area (Å²) in [6.45, 7) is 21.5. The van der Waals surface area contributed by atoms with Gasteiger partial charge in [0, 0.05) is 2.85 Å². The fourth-order valence-corrected chi connectivity index (χ4v) is 5.66. The van der Waals surface area contributed by atoms with Gasteiger partial charge in [-0.25, -0.2) is 8.78 Å². The summed E-state index contributed by atoms with van der Waals surface area (Å²) >= 11 is 0. The lowest BCUT2D eigenvalue weighted by Crippen LogP contribution is -2.08. The third-order valence-electron chi connectivity index (χ3n) is 9.60. The van der Waals surface area contributed by atoms with E-state index < -0.39 is 11.6 Å². The summed E-state index contributed by atoms with van der Waals surface area (Å²) in [5, 5.41) is 0. The fourth-order valence-electron chi connectivity index (χ4n) is 5.66. The first-order chi connectivity index (χ1) is 19.8. The Labute approximate surface area is 270 Å². The number of rotatable bonds is 0. The van der Waals surface area contributed by atoms with Crippen LogP contribution in [0.2, 0.25) is 0 Å². The molecule has 0 spiro atoms. The van der Waals surface area contributed by atoms with Crippen molar-refractivity contribution in [3.63, 3.8) is 0 Å². The normalized spacial score (nSPS) is 26.2. The molecule has 0 N–H and O–H groups in total. The van der Waals surface area contributed by atoms with Crippen LogP contribution in [0.15, 0.2) is 36.4 Å². The van der Waals surface area contributed by atoms with Crippen LogP contribution in [-0.4, -0.2) is 0 Å². The van der Waals surface area contributed by atoms with Crippen molar-refractivity contribution >= 4 is 0 Å². The Morgan fingerprint density at radius 3 is 0.721 bits per heavy atom. The van der Waals surface area contributed by atoms with E-state index in [1.165, 1.54) is 102 Å². The maximum Gasteiger partial charge on any atom is 0.161 e. The molecule has 252 valence electrons. The molecule has 3 saturated carbocycles. The highest BCUT2D eigenvalue weighted by molar-refractivity contribution is 5.24. The molecule has 0 atom stereocenters. The van der Waals surface area contributed by atoms with Crippen LogP contribution in [-0.2, 0) is 0 Å². The van der Waals surface area contributed by atoms with Crippen molar-refractivity contribution in [1.82, 2.24) is 0 Å². The van der Waals surface area contributed by atoms with Gasteiger partial charge in [0.2, 0.25) is 0 Å². The average Bonchev–Trinajstić information content (AvgIpc) is 2.97. The van der Waals surface area contributed by atoms with E-state index in [9.17, 15) is 8.78 Å². The van der Waals surface area contributed by atoms with Gasteiger partial charge in [-0.1, -0.05) is 174 Å². The third kappa shape index (κ3) is 19.3. The van der Waals surface area contributed by atoms with Crippen molar-refractivity contribution in [2.75, 3.05) is 0 Å². The molecule has 43 heavy (non-hydrogen) atoms. The maximum atomic E-state index is 12.6. The predicted molar refractivity (Wildman–Crippen MR) is 193 cm³/mol. The predicted octanol–water partition coefficient (Wildman–Crippen LogP) is 14.5. The maximum absolute atomic E-state index is 12.6. The van der Waals surface area contributed by atoms with Gasteiger partial charge in [0.05, 0.1) is 0 Å². The zero-order chi connectivity index (χ0) is 31.7. The van der Waals surface area contributed by atoms with Crippen LogP contribution >= 0.6 is 0 Å². The second kappa shape index (κ2) is 22.8. The molecule has 0 aromatic heterocycles. The molecular weight excluding hydrogens is 530 g/mol. The highest BCUT2D eigenvalue weighted by Gasteiger charge is 2.14. The van der Waals surface area contributed by atoms with Gasteiger partial charge in [-0.05, 0) is 74.3 Å². The van der Waals surface area contributed by atoms with Crippen LogP contribution in [0.1, 0.15) is 151 Å². The highest BCUT2D eigenvalue weighted by Crippen LogP contribution is 2.28. The standard InChI is InChI=1S/C8H8F2.3C8H16.C8H10.CH4.2H2/c1-5-3-4-6(2)8(10)7(5)9;4*1-7-3-5-8(2)6-4-7;;;/h3-4H,1-2H3;3*7-8H,3-6H2,1-2H3;3-6H,1-2H3;1H4;2*1H. The molecule has 5 rings (SSSR count). The van der Waals surface area contributed by atoms with Gasteiger partial charge in [0.25, 0.3) is 0 Å². The molecule has 2 heteroatoms. The van der Waals surface area contributed by atoms with Gasteiger partial charge < -0.3 is 0 Å². The van der Waals surface area contributed by atoms with Crippen molar-refractivity contribution in [2.45, 2.75) is 154 Å². The van der Waals surface area contributed by atoms with E-state index in [0.717, 1.165) is 35.5 Å². The van der Waals surface area contributed by atoms with Crippen molar-refractivity contribution < 1.29 is 11.6 Å². The second-order valence-electron chi connectivity index (χ2n) is 14.6. The lowest BCUT2D eigenvalue weighted by Gasteiger charge is -2.22. The van der Waals surface area contributed by atoms with Crippen molar-refractivity contribution in [3.05, 3.63) is 70.3 Å². The number of hydrogen-bond acceptors (Lipinski definition) is 0. The lowest BCUT2D eigenvalue weighted by molar-refractivity contribution is 0.308. The third-order valence-corrected chi connectivity index (χ3v) is 9.60. The Balaban J connectivity index is -0.000000483. The zero-order valence-corrected chi connectivity index (χ0v) is 29.2. The summed E-state index contributed by atoms with van der Waals surface area (Å²) in [5.74, 6) is 4.65. The first-order valence-electron chi connectivity index (χ1n) is 17.2. The van der Waals surface area contributed by atoms with E-state index in [-0.39, 0.29) is 10.3 Å². The van der Waals surface area contributed by atoms with E-state index in [0.29, 0.717) is 11.1 Å². The fraction of sp³-hybridized carbons (Fsp3) is 0.707. The van der Waals surface area contributed by atoms with E-state index in [1.54, 1.807) is 12.1 Å². The summed E-state index contributed by atoms with van der Waals surface area (Å²) in [6.07, 6.45) is 17.7. The minimum absolute atomic E-state index is 0. The molecule has 3 fully saturated rings. The molecule has 2 aromatic carbocycles. The summed E-state index contributed by atoms with van der Waals surface area (Å²) < 4.78 is 25.2. The molecule has 3 aliphatic carbocycles. The molecule has 2 aromatic rings. The van der Waals surface area contributed by atoms with Crippen molar-refractivity contribution in [1.29, 1.82) is 0 Å². The molecule has 3 aliphatic rings. The Kier molecular flexibility index (Phi) is 21.9. The van der Waals surface area contributed by atoms with E-state index >= 15 is 0 Å². The summed E-state index contributed by atoms with van der Waals surface area (Å²) in [7, 11) is 0. The topological polar surface area (TPSA) is 0 Å². The zero-order valence-electron chi connectivity index (χ0n) is 29.2.